The summed E-state index contributed by atoms with van der Waals surface area (Å²) in [7, 11) is 0. The molecule has 2 heterocycles. The third-order valence-corrected chi connectivity index (χ3v) is 10.2. The number of carbonyl (C=O) groups is 2. The topological polar surface area (TPSA) is 65.1 Å². The largest absolute Gasteiger partial charge is 0.458 e. The second-order valence-electron chi connectivity index (χ2n) is 11.1. The van der Waals surface area contributed by atoms with E-state index in [0.29, 0.717) is 24.0 Å². The van der Waals surface area contributed by atoms with E-state index in [4.69, 9.17) is 14.2 Å². The van der Waals surface area contributed by atoms with E-state index < -0.39 is 0 Å². The molecular formula is C27H33BrO5. The Labute approximate surface area is 204 Å². The van der Waals surface area contributed by atoms with E-state index in [-0.39, 0.29) is 40.6 Å². The Morgan fingerprint density at radius 1 is 1.18 bits per heavy atom. The van der Waals surface area contributed by atoms with Crippen molar-refractivity contribution in [3.05, 3.63) is 46.0 Å². The lowest BCUT2D eigenvalue weighted by molar-refractivity contribution is -0.174. The lowest BCUT2D eigenvalue weighted by atomic mass is 9.43. The van der Waals surface area contributed by atoms with Gasteiger partial charge in [0.15, 0.2) is 0 Å². The summed E-state index contributed by atoms with van der Waals surface area (Å²) in [5.74, 6) is 0.243. The molecule has 2 aliphatic carbocycles. The minimum absolute atomic E-state index is 0.0572. The van der Waals surface area contributed by atoms with Crippen molar-refractivity contribution in [3.8, 4) is 0 Å². The van der Waals surface area contributed by atoms with Crippen LogP contribution in [0.25, 0.3) is 0 Å². The molecule has 0 radical (unpaired) electrons. The smallest absolute Gasteiger partial charge is 0.338 e. The third kappa shape index (κ3) is 3.59. The average molecular weight is 517 g/mol. The highest BCUT2D eigenvalue weighted by molar-refractivity contribution is 9.10. The van der Waals surface area contributed by atoms with Crippen molar-refractivity contribution in [3.63, 3.8) is 0 Å². The van der Waals surface area contributed by atoms with Crippen LogP contribution in [0.1, 0.15) is 70.2 Å². The van der Waals surface area contributed by atoms with E-state index in [0.717, 1.165) is 42.1 Å². The summed E-state index contributed by atoms with van der Waals surface area (Å²) in [6, 6.07) is 7.35. The monoisotopic (exact) mass is 516 g/mol. The van der Waals surface area contributed by atoms with Crippen LogP contribution < -0.4 is 0 Å². The van der Waals surface area contributed by atoms with Crippen LogP contribution >= 0.6 is 15.9 Å². The number of fused-ring (bicyclic) bond motifs is 3. The zero-order valence-electron chi connectivity index (χ0n) is 19.9. The summed E-state index contributed by atoms with van der Waals surface area (Å²) in [5, 5.41) is 0. The Bertz CT molecular complexity index is 1000. The van der Waals surface area contributed by atoms with Crippen molar-refractivity contribution >= 4 is 27.9 Å². The van der Waals surface area contributed by atoms with Crippen LogP contribution in [0, 0.1) is 22.7 Å². The van der Waals surface area contributed by atoms with Crippen LogP contribution in [-0.2, 0) is 19.0 Å². The summed E-state index contributed by atoms with van der Waals surface area (Å²) in [6.07, 6.45) is 6.48. The van der Waals surface area contributed by atoms with Crippen molar-refractivity contribution in [2.75, 3.05) is 6.61 Å². The van der Waals surface area contributed by atoms with Crippen LogP contribution in [0.5, 0.6) is 0 Å². The first-order chi connectivity index (χ1) is 15.6. The zero-order valence-corrected chi connectivity index (χ0v) is 21.4. The Morgan fingerprint density at radius 3 is 2.58 bits per heavy atom. The van der Waals surface area contributed by atoms with Crippen molar-refractivity contribution in [2.45, 2.75) is 77.6 Å². The Balaban J connectivity index is 1.43. The highest BCUT2D eigenvalue weighted by Gasteiger charge is 2.75. The molecule has 178 valence electrons. The van der Waals surface area contributed by atoms with Gasteiger partial charge in [-0.05, 0) is 86.1 Å². The molecule has 1 aromatic rings. The first kappa shape index (κ1) is 23.1. The number of hydrogen-bond donors (Lipinski definition) is 0. The molecule has 2 aliphatic heterocycles. The molecule has 1 saturated heterocycles. The molecular weight excluding hydrogens is 484 g/mol. The molecule has 33 heavy (non-hydrogen) atoms. The van der Waals surface area contributed by atoms with E-state index >= 15 is 0 Å². The quantitative estimate of drug-likeness (QED) is 0.362. The average Bonchev–Trinajstić information content (AvgIpc) is 3.30. The lowest BCUT2D eigenvalue weighted by Gasteiger charge is -2.61. The molecule has 0 unspecified atom stereocenters. The highest BCUT2D eigenvalue weighted by atomic mass is 79.9. The van der Waals surface area contributed by atoms with E-state index in [1.807, 2.05) is 12.1 Å². The molecule has 7 atom stereocenters. The fraction of sp³-hybridized carbons (Fsp3) is 0.630. The molecule has 0 aromatic heterocycles. The van der Waals surface area contributed by atoms with E-state index in [9.17, 15) is 9.59 Å². The zero-order chi connectivity index (χ0) is 23.6. The summed E-state index contributed by atoms with van der Waals surface area (Å²) >= 11 is 3.43. The van der Waals surface area contributed by atoms with Gasteiger partial charge >= 0.3 is 11.9 Å². The molecule has 4 aliphatic rings. The first-order valence-electron chi connectivity index (χ1n) is 12.1. The van der Waals surface area contributed by atoms with Crippen molar-refractivity contribution in [1.29, 1.82) is 0 Å². The van der Waals surface area contributed by atoms with Gasteiger partial charge in [0.25, 0.3) is 0 Å². The normalized spacial score (nSPS) is 41.5. The number of halogens is 1. The fourth-order valence-electron chi connectivity index (χ4n) is 7.13. The first-order valence-corrected chi connectivity index (χ1v) is 12.9. The number of carbonyl (C=O) groups excluding carboxylic acids is 2. The van der Waals surface area contributed by atoms with Crippen LogP contribution in [-0.4, -0.2) is 36.4 Å². The molecule has 5 rings (SSSR count). The second-order valence-corrected chi connectivity index (χ2v) is 12.0. The molecule has 6 heteroatoms. The molecule has 0 amide bonds. The van der Waals surface area contributed by atoms with Gasteiger partial charge in [-0.25, -0.2) is 9.59 Å². The minimum atomic E-state index is -0.270. The SMILES string of the molecule is C[C@@H]1C[C@@H](OC(=O)c2ccc(Br)cc2)[C@]2(C)[C@@H](CC[C@@H]3O[C@@]32C)[C@]1(C)CCC1=CC(=O)OC1. The number of esters is 2. The Hall–Kier alpha value is -1.66. The predicted octanol–water partition coefficient (Wildman–Crippen LogP) is 5.86. The number of hydrogen-bond acceptors (Lipinski definition) is 5. The predicted molar refractivity (Wildman–Crippen MR) is 128 cm³/mol. The number of ether oxygens (including phenoxy) is 3. The molecule has 0 N–H and O–H groups in total. The molecule has 5 nitrogen and oxygen atoms in total. The van der Waals surface area contributed by atoms with E-state index in [2.05, 4.69) is 43.6 Å². The van der Waals surface area contributed by atoms with E-state index in [1.165, 1.54) is 0 Å². The van der Waals surface area contributed by atoms with Gasteiger partial charge in [0.1, 0.15) is 18.3 Å². The number of rotatable bonds is 5. The number of benzene rings is 1. The maximum Gasteiger partial charge on any atom is 0.338 e. The third-order valence-electron chi connectivity index (χ3n) is 9.65. The van der Waals surface area contributed by atoms with Crippen molar-refractivity contribution < 1.29 is 23.8 Å². The highest BCUT2D eigenvalue weighted by Crippen LogP contribution is 2.70. The summed E-state index contributed by atoms with van der Waals surface area (Å²) in [6.45, 7) is 9.63. The Morgan fingerprint density at radius 2 is 1.91 bits per heavy atom. The number of epoxide rings is 1. The van der Waals surface area contributed by atoms with Gasteiger partial charge in [0.2, 0.25) is 0 Å². The molecule has 3 fully saturated rings. The van der Waals surface area contributed by atoms with Crippen molar-refractivity contribution in [1.82, 2.24) is 0 Å². The van der Waals surface area contributed by atoms with Gasteiger partial charge in [-0.1, -0.05) is 36.7 Å². The van der Waals surface area contributed by atoms with Crippen LogP contribution in [0.15, 0.2) is 40.4 Å². The second kappa shape index (κ2) is 7.94. The lowest BCUT2D eigenvalue weighted by Crippen LogP contribution is -2.63. The van der Waals surface area contributed by atoms with Crippen LogP contribution in [0.4, 0.5) is 0 Å². The minimum Gasteiger partial charge on any atom is -0.458 e. The van der Waals surface area contributed by atoms with Gasteiger partial charge in [-0.3, -0.25) is 0 Å². The maximum absolute atomic E-state index is 13.1. The van der Waals surface area contributed by atoms with Gasteiger partial charge in [-0.2, -0.15) is 0 Å². The Kier molecular flexibility index (Phi) is 5.56. The van der Waals surface area contributed by atoms with Gasteiger partial charge < -0.3 is 14.2 Å². The van der Waals surface area contributed by atoms with Crippen LogP contribution in [0.3, 0.4) is 0 Å². The van der Waals surface area contributed by atoms with Crippen LogP contribution in [0.2, 0.25) is 0 Å². The van der Waals surface area contributed by atoms with Gasteiger partial charge in [-0.15, -0.1) is 0 Å². The van der Waals surface area contributed by atoms with Gasteiger partial charge in [0.05, 0.1) is 11.7 Å². The summed E-state index contributed by atoms with van der Waals surface area (Å²) in [5.41, 5.74) is 1.18. The standard InChI is InChI=1S/C27H33BrO5/c1-16-13-22(32-24(30)18-5-7-19(28)8-6-18)26(3)20(9-10-21-27(26,4)33-21)25(16,2)12-11-17-14-23(29)31-15-17/h5-8,14,16,20-22H,9-13,15H2,1-4H3/t16-,20+,21+,22-,25-,26+,27+/m1/s1. The van der Waals surface area contributed by atoms with E-state index in [1.54, 1.807) is 18.2 Å². The molecule has 2 saturated carbocycles. The summed E-state index contributed by atoms with van der Waals surface area (Å²) < 4.78 is 18.7. The maximum atomic E-state index is 13.1. The molecule has 0 spiro atoms. The fourth-order valence-corrected chi connectivity index (χ4v) is 7.40. The molecule has 1 aromatic carbocycles. The van der Waals surface area contributed by atoms with Crippen molar-refractivity contribution in [2.24, 2.45) is 22.7 Å². The molecule has 0 bridgehead atoms. The van der Waals surface area contributed by atoms with Gasteiger partial charge in [0, 0.05) is 16.0 Å². The number of cyclic esters (lactones) is 1. The summed E-state index contributed by atoms with van der Waals surface area (Å²) in [4.78, 5) is 24.7.